The Morgan fingerprint density at radius 3 is 2.48 bits per heavy atom. The van der Waals surface area contributed by atoms with Crippen LogP contribution < -0.4 is 10.6 Å². The molecule has 0 radical (unpaired) electrons. The lowest BCUT2D eigenvalue weighted by Crippen LogP contribution is -2.52. The summed E-state index contributed by atoms with van der Waals surface area (Å²) >= 11 is 0. The second-order valence-electron chi connectivity index (χ2n) is 8.50. The molecule has 1 unspecified atom stereocenters. The van der Waals surface area contributed by atoms with Crippen molar-refractivity contribution in [1.82, 2.24) is 25.3 Å². The Hall–Kier alpha value is -2.14. The predicted octanol–water partition coefficient (Wildman–Crippen LogP) is 2.62. The highest BCUT2D eigenvalue weighted by Gasteiger charge is 2.45. The fourth-order valence-electron chi connectivity index (χ4n) is 4.00. The number of amides is 3. The van der Waals surface area contributed by atoms with E-state index < -0.39 is 5.54 Å². The lowest BCUT2D eigenvalue weighted by Gasteiger charge is -2.36. The first-order valence-corrected chi connectivity index (χ1v) is 11.5. The molecule has 2 heterocycles. The van der Waals surface area contributed by atoms with E-state index in [0.29, 0.717) is 25.9 Å². The molecule has 1 atom stereocenters. The molecular weight excluding hydrogens is 531 g/mol. The van der Waals surface area contributed by atoms with Gasteiger partial charge in [-0.3, -0.25) is 19.6 Å². The van der Waals surface area contributed by atoms with Crippen LogP contribution in [0.3, 0.4) is 0 Å². The maximum absolute atomic E-state index is 12.5. The molecule has 1 aromatic carbocycles. The average molecular weight is 569 g/mol. The van der Waals surface area contributed by atoms with Crippen molar-refractivity contribution in [2.24, 2.45) is 4.99 Å². The second kappa shape index (κ2) is 12.9. The number of hydrogen-bond acceptors (Lipinski definition) is 4. The third-order valence-corrected chi connectivity index (χ3v) is 6.25. The molecule has 0 saturated carbocycles. The molecule has 8 nitrogen and oxygen atoms in total. The van der Waals surface area contributed by atoms with Crippen LogP contribution in [0.2, 0.25) is 0 Å². The zero-order chi connectivity index (χ0) is 23.0. The minimum atomic E-state index is -0.767. The predicted molar refractivity (Wildman–Crippen MR) is 144 cm³/mol. The van der Waals surface area contributed by atoms with Gasteiger partial charge in [0.05, 0.1) is 0 Å². The zero-order valence-corrected chi connectivity index (χ0v) is 22.2. The van der Waals surface area contributed by atoms with E-state index in [-0.39, 0.29) is 35.9 Å². The van der Waals surface area contributed by atoms with Gasteiger partial charge < -0.3 is 15.5 Å². The van der Waals surface area contributed by atoms with E-state index in [1.165, 1.54) is 10.5 Å². The van der Waals surface area contributed by atoms with E-state index in [2.05, 4.69) is 61.8 Å². The summed E-state index contributed by atoms with van der Waals surface area (Å²) in [6.07, 6.45) is 5.66. The van der Waals surface area contributed by atoms with Gasteiger partial charge in [0.15, 0.2) is 5.96 Å². The molecule has 3 amide bonds. The minimum absolute atomic E-state index is 0. The summed E-state index contributed by atoms with van der Waals surface area (Å²) in [5, 5.41) is 6.18. The highest BCUT2D eigenvalue weighted by molar-refractivity contribution is 14.0. The number of piperazine rings is 1. The summed E-state index contributed by atoms with van der Waals surface area (Å²) in [7, 11) is 1.79. The normalized spacial score (nSPS) is 22.0. The molecule has 182 valence electrons. The Balaban J connectivity index is 0.00000385. The number of nitrogens with one attached hydrogen (secondary N) is 2. The molecule has 33 heavy (non-hydrogen) atoms. The van der Waals surface area contributed by atoms with E-state index in [1.54, 1.807) is 14.0 Å². The van der Waals surface area contributed by atoms with E-state index in [9.17, 15) is 9.59 Å². The van der Waals surface area contributed by atoms with Crippen molar-refractivity contribution in [3.05, 3.63) is 42.0 Å². The molecule has 3 rings (SSSR count). The Morgan fingerprint density at radius 2 is 1.88 bits per heavy atom. The largest absolute Gasteiger partial charge is 0.356 e. The Labute approximate surface area is 214 Å². The van der Waals surface area contributed by atoms with Crippen LogP contribution in [0.15, 0.2) is 41.4 Å². The lowest BCUT2D eigenvalue weighted by molar-refractivity contribution is -0.130. The number of hydrogen-bond donors (Lipinski definition) is 2. The molecular formula is C24H37IN6O2. The number of carbonyl (C=O) groups is 2. The summed E-state index contributed by atoms with van der Waals surface area (Å²) in [4.78, 5) is 35.0. The minimum Gasteiger partial charge on any atom is -0.356 e. The van der Waals surface area contributed by atoms with Crippen molar-refractivity contribution >= 4 is 48.0 Å². The van der Waals surface area contributed by atoms with Crippen molar-refractivity contribution in [2.45, 2.75) is 32.2 Å². The molecule has 2 aliphatic rings. The monoisotopic (exact) mass is 568 g/mol. The first-order valence-electron chi connectivity index (χ1n) is 11.5. The topological polar surface area (TPSA) is 80.3 Å². The van der Waals surface area contributed by atoms with E-state index in [0.717, 1.165) is 38.7 Å². The first-order chi connectivity index (χ1) is 15.5. The average Bonchev–Trinajstić information content (AvgIpc) is 3.03. The Morgan fingerprint density at radius 1 is 1.18 bits per heavy atom. The zero-order valence-electron chi connectivity index (χ0n) is 19.9. The van der Waals surface area contributed by atoms with Crippen LogP contribution in [-0.2, 0) is 4.79 Å². The maximum Gasteiger partial charge on any atom is 0.325 e. The molecule has 0 spiro atoms. The van der Waals surface area contributed by atoms with Gasteiger partial charge in [0, 0.05) is 52.9 Å². The van der Waals surface area contributed by atoms with Gasteiger partial charge in [0.1, 0.15) is 5.54 Å². The van der Waals surface area contributed by atoms with Crippen LogP contribution in [0.1, 0.15) is 32.3 Å². The Kier molecular flexibility index (Phi) is 10.6. The van der Waals surface area contributed by atoms with Gasteiger partial charge in [0.25, 0.3) is 5.91 Å². The van der Waals surface area contributed by atoms with Crippen molar-refractivity contribution in [2.75, 3.05) is 52.9 Å². The summed E-state index contributed by atoms with van der Waals surface area (Å²) < 4.78 is 0. The van der Waals surface area contributed by atoms with Crippen molar-refractivity contribution in [1.29, 1.82) is 0 Å². The summed E-state index contributed by atoms with van der Waals surface area (Å²) in [6.45, 7) is 9.50. The number of urea groups is 1. The van der Waals surface area contributed by atoms with Crippen LogP contribution in [0, 0.1) is 0 Å². The third-order valence-electron chi connectivity index (χ3n) is 6.25. The summed E-state index contributed by atoms with van der Waals surface area (Å²) in [5.41, 5.74) is 0.458. The van der Waals surface area contributed by atoms with E-state index >= 15 is 0 Å². The van der Waals surface area contributed by atoms with Crippen LogP contribution >= 0.6 is 24.0 Å². The van der Waals surface area contributed by atoms with Crippen molar-refractivity contribution in [3.8, 4) is 0 Å². The second-order valence-corrected chi connectivity index (χ2v) is 8.50. The van der Waals surface area contributed by atoms with Gasteiger partial charge in [-0.1, -0.05) is 49.4 Å². The van der Waals surface area contributed by atoms with Gasteiger partial charge in [-0.25, -0.2) is 4.79 Å². The number of aliphatic imine (C=N–C) groups is 1. The fraction of sp³-hybridized carbons (Fsp3) is 0.542. The number of imide groups is 1. The third kappa shape index (κ3) is 7.17. The fourth-order valence-corrected chi connectivity index (χ4v) is 4.00. The number of halogens is 1. The van der Waals surface area contributed by atoms with Gasteiger partial charge in [-0.05, 0) is 25.3 Å². The molecule has 0 aromatic heterocycles. The molecule has 9 heteroatoms. The van der Waals surface area contributed by atoms with Gasteiger partial charge >= 0.3 is 6.03 Å². The van der Waals surface area contributed by atoms with Crippen LogP contribution in [-0.4, -0.2) is 91.0 Å². The van der Waals surface area contributed by atoms with Gasteiger partial charge in [0.2, 0.25) is 0 Å². The lowest BCUT2D eigenvalue weighted by atomic mass is 9.99. The summed E-state index contributed by atoms with van der Waals surface area (Å²) in [6, 6.07) is 10.1. The molecule has 2 aliphatic heterocycles. The van der Waals surface area contributed by atoms with E-state index in [1.807, 2.05) is 13.0 Å². The number of benzene rings is 1. The SMILES string of the molecule is CCC1(C)NC(=O)N(CCCNC(=NC)N2CCN(C/C=C/c3ccccc3)CC2)C1=O.I. The quantitative estimate of drug-likeness (QED) is 0.166. The molecule has 2 fully saturated rings. The van der Waals surface area contributed by atoms with Crippen LogP contribution in [0.5, 0.6) is 0 Å². The molecule has 2 N–H and O–H groups in total. The highest BCUT2D eigenvalue weighted by atomic mass is 127. The highest BCUT2D eigenvalue weighted by Crippen LogP contribution is 2.20. The maximum atomic E-state index is 12.5. The molecule has 2 saturated heterocycles. The number of rotatable bonds is 8. The number of guanidine groups is 1. The first kappa shape index (κ1) is 27.1. The Bertz CT molecular complexity index is 839. The number of carbonyl (C=O) groups excluding carboxylic acids is 2. The summed E-state index contributed by atoms with van der Waals surface area (Å²) in [5.74, 6) is 0.742. The van der Waals surface area contributed by atoms with Crippen molar-refractivity contribution in [3.63, 3.8) is 0 Å². The molecule has 0 aliphatic carbocycles. The standard InChI is InChI=1S/C24H36N6O2.HI/c1-4-24(2)21(31)30(23(32)27-24)15-9-13-26-22(25-3)29-18-16-28(17-19-29)14-8-12-20-10-6-5-7-11-20;/h5-8,10-12H,4,9,13-19H2,1-3H3,(H,25,26)(H,27,32);1H/b12-8+;. The van der Waals surface area contributed by atoms with Gasteiger partial charge in [-0.15, -0.1) is 24.0 Å². The van der Waals surface area contributed by atoms with Crippen LogP contribution in [0.25, 0.3) is 6.08 Å². The van der Waals surface area contributed by atoms with E-state index in [4.69, 9.17) is 0 Å². The molecule has 1 aromatic rings. The van der Waals surface area contributed by atoms with Crippen molar-refractivity contribution < 1.29 is 9.59 Å². The van der Waals surface area contributed by atoms with Crippen LogP contribution in [0.4, 0.5) is 4.79 Å². The number of nitrogens with zero attached hydrogens (tertiary/aromatic N) is 4. The van der Waals surface area contributed by atoms with Gasteiger partial charge in [-0.2, -0.15) is 0 Å². The molecule has 0 bridgehead atoms. The smallest absolute Gasteiger partial charge is 0.325 e.